The SMILES string of the molecule is CCCNC(Cc1ccc(Cl)s1)c1c(C)nn(C)c1C. The van der Waals surface area contributed by atoms with Gasteiger partial charge >= 0.3 is 0 Å². The van der Waals surface area contributed by atoms with Crippen LogP contribution in [0, 0.1) is 13.8 Å². The zero-order chi connectivity index (χ0) is 14.7. The highest BCUT2D eigenvalue weighted by Crippen LogP contribution is 2.29. The fourth-order valence-electron chi connectivity index (χ4n) is 2.55. The van der Waals surface area contributed by atoms with E-state index in [-0.39, 0.29) is 0 Å². The minimum Gasteiger partial charge on any atom is -0.310 e. The Labute approximate surface area is 130 Å². The Hall–Kier alpha value is -0.840. The lowest BCUT2D eigenvalue weighted by Crippen LogP contribution is -2.25. The molecule has 2 rings (SSSR count). The fourth-order valence-corrected chi connectivity index (χ4v) is 3.68. The van der Waals surface area contributed by atoms with Gasteiger partial charge in [0.05, 0.1) is 10.0 Å². The van der Waals surface area contributed by atoms with Gasteiger partial charge in [0.2, 0.25) is 0 Å². The van der Waals surface area contributed by atoms with Crippen LogP contribution in [0.4, 0.5) is 0 Å². The molecule has 3 nitrogen and oxygen atoms in total. The largest absolute Gasteiger partial charge is 0.310 e. The van der Waals surface area contributed by atoms with E-state index in [1.54, 1.807) is 11.3 Å². The number of halogens is 1. The minimum atomic E-state index is 0.304. The van der Waals surface area contributed by atoms with Crippen molar-refractivity contribution >= 4 is 22.9 Å². The molecule has 2 aromatic rings. The van der Waals surface area contributed by atoms with E-state index in [9.17, 15) is 0 Å². The fraction of sp³-hybridized carbons (Fsp3) is 0.533. The number of thiophene rings is 1. The van der Waals surface area contributed by atoms with Crippen LogP contribution < -0.4 is 5.32 Å². The first-order valence-electron chi connectivity index (χ1n) is 7.00. The second kappa shape index (κ2) is 6.74. The van der Waals surface area contributed by atoms with Crippen LogP contribution in [-0.4, -0.2) is 16.3 Å². The quantitative estimate of drug-likeness (QED) is 0.872. The van der Waals surface area contributed by atoms with E-state index < -0.39 is 0 Å². The zero-order valence-electron chi connectivity index (χ0n) is 12.5. The van der Waals surface area contributed by atoms with Crippen LogP contribution in [0.1, 0.15) is 41.2 Å². The summed E-state index contributed by atoms with van der Waals surface area (Å²) in [6, 6.07) is 4.40. The first kappa shape index (κ1) is 15.5. The van der Waals surface area contributed by atoms with Crippen molar-refractivity contribution in [2.24, 2.45) is 7.05 Å². The predicted octanol–water partition coefficient (Wildman–Crippen LogP) is 4.04. The monoisotopic (exact) mass is 311 g/mol. The van der Waals surface area contributed by atoms with Crippen LogP contribution in [0.5, 0.6) is 0 Å². The van der Waals surface area contributed by atoms with Gasteiger partial charge in [0.1, 0.15) is 0 Å². The second-order valence-corrected chi connectivity index (χ2v) is 6.92. The standard InChI is InChI=1S/C15H22ClN3S/c1-5-8-17-13(9-12-6-7-14(16)20-12)15-10(2)18-19(4)11(15)3/h6-7,13,17H,5,8-9H2,1-4H3. The Kier molecular flexibility index (Phi) is 5.24. The van der Waals surface area contributed by atoms with Gasteiger partial charge in [-0.1, -0.05) is 18.5 Å². The minimum absolute atomic E-state index is 0.304. The van der Waals surface area contributed by atoms with Crippen molar-refractivity contribution in [1.29, 1.82) is 0 Å². The molecule has 2 heterocycles. The molecule has 110 valence electrons. The van der Waals surface area contributed by atoms with E-state index in [0.717, 1.165) is 29.4 Å². The lowest BCUT2D eigenvalue weighted by atomic mass is 10.0. The third-order valence-corrected chi connectivity index (χ3v) is 4.84. The molecule has 0 radical (unpaired) electrons. The van der Waals surface area contributed by atoms with Crippen molar-refractivity contribution in [3.05, 3.63) is 38.3 Å². The molecule has 2 aromatic heterocycles. The average Bonchev–Trinajstić information content (AvgIpc) is 2.90. The van der Waals surface area contributed by atoms with E-state index in [1.165, 1.54) is 16.1 Å². The van der Waals surface area contributed by atoms with Crippen molar-refractivity contribution < 1.29 is 0 Å². The van der Waals surface area contributed by atoms with E-state index >= 15 is 0 Å². The number of hydrogen-bond acceptors (Lipinski definition) is 3. The second-order valence-electron chi connectivity index (χ2n) is 5.12. The van der Waals surface area contributed by atoms with E-state index in [4.69, 9.17) is 11.6 Å². The van der Waals surface area contributed by atoms with Crippen molar-refractivity contribution in [2.75, 3.05) is 6.54 Å². The highest BCUT2D eigenvalue weighted by molar-refractivity contribution is 7.16. The molecule has 0 saturated carbocycles. The van der Waals surface area contributed by atoms with Gasteiger partial charge in [0.25, 0.3) is 0 Å². The van der Waals surface area contributed by atoms with E-state index in [2.05, 4.69) is 37.3 Å². The molecular formula is C15H22ClN3S. The summed E-state index contributed by atoms with van der Waals surface area (Å²) < 4.78 is 2.82. The molecule has 20 heavy (non-hydrogen) atoms. The van der Waals surface area contributed by atoms with Crippen LogP contribution in [0.25, 0.3) is 0 Å². The number of hydrogen-bond donors (Lipinski definition) is 1. The van der Waals surface area contributed by atoms with Crippen LogP contribution in [0.3, 0.4) is 0 Å². The highest BCUT2D eigenvalue weighted by Gasteiger charge is 2.20. The summed E-state index contributed by atoms with van der Waals surface area (Å²) in [7, 11) is 2.00. The molecular weight excluding hydrogens is 290 g/mol. The normalized spacial score (nSPS) is 12.8. The summed E-state index contributed by atoms with van der Waals surface area (Å²) in [6.45, 7) is 7.42. The van der Waals surface area contributed by atoms with Gasteiger partial charge in [-0.25, -0.2) is 0 Å². The molecule has 1 N–H and O–H groups in total. The molecule has 0 aliphatic heterocycles. The first-order valence-corrected chi connectivity index (χ1v) is 8.20. The summed E-state index contributed by atoms with van der Waals surface area (Å²) in [5, 5.41) is 8.19. The van der Waals surface area contributed by atoms with Gasteiger partial charge in [-0.3, -0.25) is 4.68 Å². The predicted molar refractivity (Wildman–Crippen MR) is 86.7 cm³/mol. The Bertz CT molecular complexity index is 574. The Balaban J connectivity index is 2.26. The first-order chi connectivity index (χ1) is 9.52. The van der Waals surface area contributed by atoms with Crippen LogP contribution >= 0.6 is 22.9 Å². The molecule has 0 amide bonds. The maximum absolute atomic E-state index is 6.04. The molecule has 5 heteroatoms. The summed E-state index contributed by atoms with van der Waals surface area (Å²) in [6.07, 6.45) is 2.09. The van der Waals surface area contributed by atoms with Crippen LogP contribution in [-0.2, 0) is 13.5 Å². The van der Waals surface area contributed by atoms with Crippen molar-refractivity contribution in [3.63, 3.8) is 0 Å². The number of nitrogens with zero attached hydrogens (tertiary/aromatic N) is 2. The number of nitrogens with one attached hydrogen (secondary N) is 1. The molecule has 0 saturated heterocycles. The van der Waals surface area contributed by atoms with Gasteiger partial charge < -0.3 is 5.32 Å². The molecule has 0 aromatic carbocycles. The van der Waals surface area contributed by atoms with Crippen LogP contribution in [0.2, 0.25) is 4.34 Å². The molecule has 1 atom stereocenters. The Morgan fingerprint density at radius 1 is 1.40 bits per heavy atom. The maximum atomic E-state index is 6.04. The van der Waals surface area contributed by atoms with Gasteiger partial charge in [0, 0.05) is 35.6 Å². The maximum Gasteiger partial charge on any atom is 0.0931 e. The molecule has 0 fully saturated rings. The zero-order valence-corrected chi connectivity index (χ0v) is 14.1. The third kappa shape index (κ3) is 3.43. The average molecular weight is 312 g/mol. The third-order valence-electron chi connectivity index (χ3n) is 3.59. The highest BCUT2D eigenvalue weighted by atomic mass is 35.5. The summed E-state index contributed by atoms with van der Waals surface area (Å²) in [5.41, 5.74) is 3.67. The molecule has 1 unspecified atom stereocenters. The summed E-state index contributed by atoms with van der Waals surface area (Å²) in [5.74, 6) is 0. The van der Waals surface area contributed by atoms with Crippen LogP contribution in [0.15, 0.2) is 12.1 Å². The van der Waals surface area contributed by atoms with Gasteiger partial charge in [-0.15, -0.1) is 11.3 Å². The number of aryl methyl sites for hydroxylation is 2. The molecule has 0 aliphatic carbocycles. The van der Waals surface area contributed by atoms with E-state index in [0.29, 0.717) is 6.04 Å². The molecule has 0 aliphatic rings. The number of aromatic nitrogens is 2. The van der Waals surface area contributed by atoms with Crippen molar-refractivity contribution in [1.82, 2.24) is 15.1 Å². The van der Waals surface area contributed by atoms with Gasteiger partial charge in [-0.2, -0.15) is 5.10 Å². The molecule has 0 spiro atoms. The lowest BCUT2D eigenvalue weighted by Gasteiger charge is -2.19. The number of rotatable bonds is 6. The van der Waals surface area contributed by atoms with Crippen molar-refractivity contribution in [2.45, 2.75) is 39.7 Å². The summed E-state index contributed by atoms with van der Waals surface area (Å²) in [4.78, 5) is 1.31. The Morgan fingerprint density at radius 2 is 2.15 bits per heavy atom. The van der Waals surface area contributed by atoms with Gasteiger partial charge in [-0.05, 0) is 38.9 Å². The topological polar surface area (TPSA) is 29.9 Å². The lowest BCUT2D eigenvalue weighted by molar-refractivity contribution is 0.527. The van der Waals surface area contributed by atoms with E-state index in [1.807, 2.05) is 17.8 Å². The smallest absolute Gasteiger partial charge is 0.0931 e. The van der Waals surface area contributed by atoms with Gasteiger partial charge in [0.15, 0.2) is 0 Å². The summed E-state index contributed by atoms with van der Waals surface area (Å²) >= 11 is 7.70. The Morgan fingerprint density at radius 3 is 2.65 bits per heavy atom. The van der Waals surface area contributed by atoms with Crippen molar-refractivity contribution in [3.8, 4) is 0 Å². The molecule has 0 bridgehead atoms.